The van der Waals surface area contributed by atoms with Crippen molar-refractivity contribution in [1.29, 1.82) is 0 Å². The van der Waals surface area contributed by atoms with Crippen LogP contribution >= 0.6 is 11.6 Å². The molecule has 0 saturated heterocycles. The summed E-state index contributed by atoms with van der Waals surface area (Å²) < 4.78 is 0. The van der Waals surface area contributed by atoms with E-state index in [1.54, 1.807) is 6.07 Å². The number of carboxylic acid groups (broad SMARTS) is 1. The number of halogens is 1. The summed E-state index contributed by atoms with van der Waals surface area (Å²) in [5.41, 5.74) is 2.01. The lowest BCUT2D eigenvalue weighted by molar-refractivity contribution is 0.0691. The third-order valence-corrected chi connectivity index (χ3v) is 2.45. The summed E-state index contributed by atoms with van der Waals surface area (Å²) in [6.07, 6.45) is 3.73. The fourth-order valence-electron chi connectivity index (χ4n) is 1.54. The van der Waals surface area contributed by atoms with Gasteiger partial charge in [-0.15, -0.1) is 11.6 Å². The molecule has 0 radical (unpaired) electrons. The fraction of sp³-hybridized carbons (Fsp3) is 0.0833. The summed E-state index contributed by atoms with van der Waals surface area (Å²) >= 11 is 5.54. The lowest BCUT2D eigenvalue weighted by Crippen LogP contribution is -1.94. The molecular formula is C12H10ClNO2. The number of carbonyl (C=O) groups is 1. The molecule has 0 amide bonds. The zero-order valence-electron chi connectivity index (χ0n) is 8.40. The first-order valence-electron chi connectivity index (χ1n) is 4.79. The molecule has 0 spiro atoms. The van der Waals surface area contributed by atoms with Crippen molar-refractivity contribution in [2.24, 2.45) is 0 Å². The number of rotatable bonds is 3. The van der Waals surface area contributed by atoms with Crippen molar-refractivity contribution in [2.75, 3.05) is 5.88 Å². The Morgan fingerprint density at radius 1 is 1.44 bits per heavy atom. The smallest absolute Gasteiger partial charge is 0.352 e. The molecule has 1 aromatic carbocycles. The van der Waals surface area contributed by atoms with E-state index in [0.717, 1.165) is 16.5 Å². The molecule has 2 N–H and O–H groups in total. The highest BCUT2D eigenvalue weighted by molar-refractivity contribution is 6.19. The van der Waals surface area contributed by atoms with Gasteiger partial charge in [-0.05, 0) is 17.7 Å². The molecule has 16 heavy (non-hydrogen) atoms. The normalized spacial score (nSPS) is 11.3. The number of aromatic carboxylic acids is 1. The van der Waals surface area contributed by atoms with Crippen molar-refractivity contribution in [3.8, 4) is 0 Å². The minimum atomic E-state index is -0.950. The van der Waals surface area contributed by atoms with Crippen molar-refractivity contribution in [3.05, 3.63) is 41.6 Å². The highest BCUT2D eigenvalue weighted by Gasteiger charge is 2.06. The molecule has 82 valence electrons. The summed E-state index contributed by atoms with van der Waals surface area (Å²) in [4.78, 5) is 13.6. The summed E-state index contributed by atoms with van der Waals surface area (Å²) in [7, 11) is 0. The molecule has 0 atom stereocenters. The van der Waals surface area contributed by atoms with Crippen LogP contribution in [0.2, 0.25) is 0 Å². The molecule has 1 heterocycles. The van der Waals surface area contributed by atoms with Crippen LogP contribution in [0.5, 0.6) is 0 Å². The van der Waals surface area contributed by atoms with E-state index in [2.05, 4.69) is 4.98 Å². The summed E-state index contributed by atoms with van der Waals surface area (Å²) in [6.45, 7) is 0. The van der Waals surface area contributed by atoms with Gasteiger partial charge in [0.15, 0.2) is 0 Å². The number of allylic oxidation sites excluding steroid dienone is 1. The van der Waals surface area contributed by atoms with Gasteiger partial charge >= 0.3 is 5.97 Å². The number of aromatic nitrogens is 1. The van der Waals surface area contributed by atoms with E-state index in [-0.39, 0.29) is 5.69 Å². The zero-order valence-corrected chi connectivity index (χ0v) is 9.16. The number of hydrogen-bond donors (Lipinski definition) is 2. The van der Waals surface area contributed by atoms with E-state index in [9.17, 15) is 4.79 Å². The largest absolute Gasteiger partial charge is 0.477 e. The van der Waals surface area contributed by atoms with Crippen LogP contribution in [0.4, 0.5) is 0 Å². The highest BCUT2D eigenvalue weighted by atomic mass is 35.5. The van der Waals surface area contributed by atoms with E-state index in [1.807, 2.05) is 30.4 Å². The molecule has 1 aromatic heterocycles. The Labute approximate surface area is 97.4 Å². The van der Waals surface area contributed by atoms with Crippen LogP contribution in [0.1, 0.15) is 16.1 Å². The maximum absolute atomic E-state index is 10.8. The van der Waals surface area contributed by atoms with Gasteiger partial charge < -0.3 is 10.1 Å². The average Bonchev–Trinajstić information content (AvgIpc) is 2.69. The van der Waals surface area contributed by atoms with Crippen molar-refractivity contribution in [3.63, 3.8) is 0 Å². The molecule has 2 rings (SSSR count). The summed E-state index contributed by atoms with van der Waals surface area (Å²) in [6, 6.07) is 7.31. The van der Waals surface area contributed by atoms with Gasteiger partial charge in [0.25, 0.3) is 0 Å². The van der Waals surface area contributed by atoms with Crippen molar-refractivity contribution >= 4 is 34.5 Å². The molecule has 0 aliphatic heterocycles. The molecule has 0 aliphatic carbocycles. The van der Waals surface area contributed by atoms with Crippen LogP contribution < -0.4 is 0 Å². The highest BCUT2D eigenvalue weighted by Crippen LogP contribution is 2.18. The first-order valence-corrected chi connectivity index (χ1v) is 5.33. The second-order valence-electron chi connectivity index (χ2n) is 3.39. The third kappa shape index (κ3) is 2.09. The van der Waals surface area contributed by atoms with Gasteiger partial charge in [0.1, 0.15) is 5.69 Å². The first kappa shape index (κ1) is 10.8. The second-order valence-corrected chi connectivity index (χ2v) is 3.70. The summed E-state index contributed by atoms with van der Waals surface area (Å²) in [5.74, 6) is -0.489. The molecule has 2 aromatic rings. The Morgan fingerprint density at radius 2 is 2.25 bits per heavy atom. The zero-order chi connectivity index (χ0) is 11.5. The number of aromatic amines is 1. The van der Waals surface area contributed by atoms with E-state index >= 15 is 0 Å². The van der Waals surface area contributed by atoms with Crippen molar-refractivity contribution < 1.29 is 9.90 Å². The first-order chi connectivity index (χ1) is 7.70. The number of nitrogens with one attached hydrogen (secondary N) is 1. The Balaban J connectivity index is 2.45. The third-order valence-electron chi connectivity index (χ3n) is 2.28. The van der Waals surface area contributed by atoms with Gasteiger partial charge in [-0.2, -0.15) is 0 Å². The molecule has 0 aliphatic rings. The maximum atomic E-state index is 10.8. The van der Waals surface area contributed by atoms with E-state index in [4.69, 9.17) is 16.7 Å². The van der Waals surface area contributed by atoms with Crippen molar-refractivity contribution in [1.82, 2.24) is 4.98 Å². The topological polar surface area (TPSA) is 53.1 Å². The number of H-pyrrole nitrogens is 1. The Morgan fingerprint density at radius 3 is 2.94 bits per heavy atom. The van der Waals surface area contributed by atoms with E-state index in [0.29, 0.717) is 5.88 Å². The molecule has 3 nitrogen and oxygen atoms in total. The predicted octanol–water partition coefficient (Wildman–Crippen LogP) is 3.12. The predicted molar refractivity (Wildman–Crippen MR) is 65.0 cm³/mol. The van der Waals surface area contributed by atoms with Crippen LogP contribution in [-0.2, 0) is 0 Å². The molecule has 0 unspecified atom stereocenters. The minimum absolute atomic E-state index is 0.202. The maximum Gasteiger partial charge on any atom is 0.352 e. The standard InChI is InChI=1S/C12H10ClNO2/c13-5-1-2-8-3-4-9-7-11(12(15)16)14-10(9)6-8/h1-4,6-7,14H,5H2,(H,15,16). The van der Waals surface area contributed by atoms with Crippen LogP contribution in [0.3, 0.4) is 0 Å². The van der Waals surface area contributed by atoms with E-state index < -0.39 is 5.97 Å². The number of carboxylic acids is 1. The SMILES string of the molecule is O=C(O)c1cc2ccc(C=CCCl)cc2[nH]1. The average molecular weight is 236 g/mol. The van der Waals surface area contributed by atoms with Gasteiger partial charge in [-0.3, -0.25) is 0 Å². The molecule has 0 fully saturated rings. The minimum Gasteiger partial charge on any atom is -0.477 e. The molecule has 4 heteroatoms. The van der Waals surface area contributed by atoms with Gasteiger partial charge in [-0.25, -0.2) is 4.79 Å². The summed E-state index contributed by atoms with van der Waals surface area (Å²) in [5, 5.41) is 9.72. The van der Waals surface area contributed by atoms with Crippen LogP contribution in [0.25, 0.3) is 17.0 Å². The number of fused-ring (bicyclic) bond motifs is 1. The van der Waals surface area contributed by atoms with Gasteiger partial charge in [0.2, 0.25) is 0 Å². The Kier molecular flexibility index (Phi) is 2.97. The van der Waals surface area contributed by atoms with Gasteiger partial charge in [-0.1, -0.05) is 24.3 Å². The lowest BCUT2D eigenvalue weighted by Gasteiger charge is -1.93. The molecule has 0 bridgehead atoms. The fourth-order valence-corrected chi connectivity index (χ4v) is 1.63. The second kappa shape index (κ2) is 4.41. The lowest BCUT2D eigenvalue weighted by atomic mass is 10.1. The Bertz CT molecular complexity index is 557. The van der Waals surface area contributed by atoms with Gasteiger partial charge in [0.05, 0.1) is 0 Å². The quantitative estimate of drug-likeness (QED) is 0.803. The van der Waals surface area contributed by atoms with E-state index in [1.165, 1.54) is 0 Å². The van der Waals surface area contributed by atoms with Crippen LogP contribution in [0.15, 0.2) is 30.3 Å². The van der Waals surface area contributed by atoms with Crippen LogP contribution in [-0.4, -0.2) is 21.9 Å². The van der Waals surface area contributed by atoms with Gasteiger partial charge in [0, 0.05) is 16.8 Å². The van der Waals surface area contributed by atoms with Crippen LogP contribution in [0, 0.1) is 0 Å². The number of benzene rings is 1. The molecule has 0 saturated carbocycles. The Hall–Kier alpha value is -1.74. The number of hydrogen-bond acceptors (Lipinski definition) is 1. The number of alkyl halides is 1. The monoisotopic (exact) mass is 235 g/mol. The van der Waals surface area contributed by atoms with Crippen molar-refractivity contribution in [2.45, 2.75) is 0 Å². The molecular weight excluding hydrogens is 226 g/mol.